The molecule has 1 aliphatic carbocycles. The molecule has 20 heavy (non-hydrogen) atoms. The topological polar surface area (TPSA) is 56.5 Å². The number of nitriles is 1. The first-order valence-electron chi connectivity index (χ1n) is 7.82. The fourth-order valence-corrected chi connectivity index (χ4v) is 3.64. The zero-order chi connectivity index (χ0) is 14.8. The highest BCUT2D eigenvalue weighted by Crippen LogP contribution is 2.41. The van der Waals surface area contributed by atoms with Gasteiger partial charge in [0.15, 0.2) is 0 Å². The van der Waals surface area contributed by atoms with Crippen molar-refractivity contribution < 1.29 is 9.84 Å². The minimum absolute atomic E-state index is 0.0726. The summed E-state index contributed by atoms with van der Waals surface area (Å²) in [5.74, 6) is 0.804. The highest BCUT2D eigenvalue weighted by Gasteiger charge is 2.39. The van der Waals surface area contributed by atoms with Gasteiger partial charge in [-0.15, -0.1) is 0 Å². The van der Waals surface area contributed by atoms with Crippen LogP contribution in [-0.4, -0.2) is 48.5 Å². The third-order valence-electron chi connectivity index (χ3n) is 5.05. The summed E-state index contributed by atoms with van der Waals surface area (Å²) < 4.78 is 5.54. The van der Waals surface area contributed by atoms with Gasteiger partial charge in [-0.3, -0.25) is 4.90 Å². The van der Waals surface area contributed by atoms with E-state index in [1.807, 2.05) is 0 Å². The SMILES string of the molecule is CC(C)(C)C1CCC(C#N)C(N2CCOC(CO)C2)C1. The van der Waals surface area contributed by atoms with Gasteiger partial charge in [0.05, 0.1) is 31.3 Å². The van der Waals surface area contributed by atoms with Crippen LogP contribution < -0.4 is 0 Å². The van der Waals surface area contributed by atoms with Crippen LogP contribution in [0.1, 0.15) is 40.0 Å². The molecule has 0 aromatic carbocycles. The standard InChI is InChI=1S/C16H28N2O2/c1-16(2,3)13-5-4-12(9-17)15(8-13)18-6-7-20-14(10-18)11-19/h12-15,19H,4-8,10-11H2,1-3H3. The number of hydrogen-bond donors (Lipinski definition) is 1. The second kappa shape index (κ2) is 6.43. The van der Waals surface area contributed by atoms with E-state index in [2.05, 4.69) is 31.7 Å². The maximum Gasteiger partial charge on any atom is 0.0932 e. The van der Waals surface area contributed by atoms with Gasteiger partial charge in [-0.2, -0.15) is 5.26 Å². The van der Waals surface area contributed by atoms with Crippen molar-refractivity contribution >= 4 is 0 Å². The maximum atomic E-state index is 9.45. The highest BCUT2D eigenvalue weighted by atomic mass is 16.5. The minimum atomic E-state index is -0.0851. The number of hydrogen-bond acceptors (Lipinski definition) is 4. The summed E-state index contributed by atoms with van der Waals surface area (Å²) in [4.78, 5) is 2.39. The molecule has 0 radical (unpaired) electrons. The average Bonchev–Trinajstić information content (AvgIpc) is 2.45. The Kier molecular flexibility index (Phi) is 5.06. The van der Waals surface area contributed by atoms with E-state index in [4.69, 9.17) is 4.74 Å². The van der Waals surface area contributed by atoms with Crippen LogP contribution in [0.25, 0.3) is 0 Å². The number of ether oxygens (including phenoxy) is 1. The Morgan fingerprint density at radius 2 is 2.10 bits per heavy atom. The monoisotopic (exact) mass is 280 g/mol. The summed E-state index contributed by atoms with van der Waals surface area (Å²) in [5.41, 5.74) is 0.307. The van der Waals surface area contributed by atoms with Crippen molar-refractivity contribution in [3.63, 3.8) is 0 Å². The zero-order valence-corrected chi connectivity index (χ0v) is 13.0. The number of nitrogens with zero attached hydrogens (tertiary/aromatic N) is 2. The maximum absolute atomic E-state index is 9.45. The lowest BCUT2D eigenvalue weighted by Crippen LogP contribution is -2.53. The molecular weight excluding hydrogens is 252 g/mol. The van der Waals surface area contributed by atoms with Gasteiger partial charge in [0.1, 0.15) is 0 Å². The minimum Gasteiger partial charge on any atom is -0.394 e. The molecule has 114 valence electrons. The van der Waals surface area contributed by atoms with Gasteiger partial charge in [0.2, 0.25) is 0 Å². The van der Waals surface area contributed by atoms with Crippen LogP contribution in [0.4, 0.5) is 0 Å². The third-order valence-corrected chi connectivity index (χ3v) is 5.05. The first kappa shape index (κ1) is 15.8. The summed E-state index contributed by atoms with van der Waals surface area (Å²) in [6, 6.07) is 2.84. The lowest BCUT2D eigenvalue weighted by Gasteiger charge is -2.46. The molecule has 0 amide bonds. The van der Waals surface area contributed by atoms with E-state index >= 15 is 0 Å². The third kappa shape index (κ3) is 3.52. The van der Waals surface area contributed by atoms with Crippen molar-refractivity contribution in [2.45, 2.75) is 52.2 Å². The first-order chi connectivity index (χ1) is 9.45. The Bertz CT molecular complexity index is 358. The first-order valence-corrected chi connectivity index (χ1v) is 7.82. The van der Waals surface area contributed by atoms with E-state index in [1.54, 1.807) is 0 Å². The highest BCUT2D eigenvalue weighted by molar-refractivity contribution is 5.00. The Morgan fingerprint density at radius 1 is 1.35 bits per heavy atom. The molecule has 2 fully saturated rings. The van der Waals surface area contributed by atoms with Crippen molar-refractivity contribution in [3.8, 4) is 6.07 Å². The van der Waals surface area contributed by atoms with Gasteiger partial charge >= 0.3 is 0 Å². The van der Waals surface area contributed by atoms with E-state index in [-0.39, 0.29) is 18.6 Å². The summed E-state index contributed by atoms with van der Waals surface area (Å²) in [5, 5.41) is 18.7. The fourth-order valence-electron chi connectivity index (χ4n) is 3.64. The molecule has 4 nitrogen and oxygen atoms in total. The summed E-state index contributed by atoms with van der Waals surface area (Å²) in [6.07, 6.45) is 3.17. The molecule has 0 aromatic rings. The molecule has 1 saturated heterocycles. The number of aliphatic hydroxyl groups is 1. The van der Waals surface area contributed by atoms with Crippen molar-refractivity contribution in [2.75, 3.05) is 26.3 Å². The summed E-state index contributed by atoms with van der Waals surface area (Å²) in [7, 11) is 0. The van der Waals surface area contributed by atoms with Gasteiger partial charge in [-0.25, -0.2) is 0 Å². The summed E-state index contributed by atoms with van der Waals surface area (Å²) in [6.45, 7) is 9.29. The van der Waals surface area contributed by atoms with Crippen molar-refractivity contribution in [2.24, 2.45) is 17.3 Å². The van der Waals surface area contributed by atoms with E-state index in [0.717, 1.165) is 32.4 Å². The quantitative estimate of drug-likeness (QED) is 0.841. The number of aliphatic hydroxyl groups excluding tert-OH is 1. The van der Waals surface area contributed by atoms with Crippen LogP contribution in [-0.2, 0) is 4.74 Å². The molecule has 1 N–H and O–H groups in total. The van der Waals surface area contributed by atoms with E-state index in [1.165, 1.54) is 0 Å². The normalized spacial score (nSPS) is 36.5. The van der Waals surface area contributed by atoms with E-state index in [0.29, 0.717) is 24.0 Å². The average molecular weight is 280 g/mol. The molecule has 1 saturated carbocycles. The molecule has 0 bridgehead atoms. The molecule has 0 aromatic heterocycles. The van der Waals surface area contributed by atoms with Crippen LogP contribution in [0.15, 0.2) is 0 Å². The van der Waals surface area contributed by atoms with Crippen molar-refractivity contribution in [3.05, 3.63) is 0 Å². The molecular formula is C16H28N2O2. The second-order valence-electron chi connectivity index (χ2n) is 7.35. The molecule has 4 atom stereocenters. The molecule has 2 rings (SSSR count). The molecule has 4 heteroatoms. The van der Waals surface area contributed by atoms with Crippen LogP contribution in [0.2, 0.25) is 0 Å². The van der Waals surface area contributed by atoms with Gasteiger partial charge in [0, 0.05) is 19.1 Å². The van der Waals surface area contributed by atoms with Crippen molar-refractivity contribution in [1.82, 2.24) is 4.90 Å². The Morgan fingerprint density at radius 3 is 2.70 bits per heavy atom. The Labute approximate surface area is 122 Å². The van der Waals surface area contributed by atoms with Crippen LogP contribution >= 0.6 is 0 Å². The smallest absolute Gasteiger partial charge is 0.0932 e. The lowest BCUT2D eigenvalue weighted by atomic mass is 9.67. The molecule has 1 aliphatic heterocycles. The molecule has 2 aliphatic rings. The number of morpholine rings is 1. The number of rotatable bonds is 2. The van der Waals surface area contributed by atoms with Crippen LogP contribution in [0, 0.1) is 28.6 Å². The van der Waals surface area contributed by atoms with Gasteiger partial charge in [0.25, 0.3) is 0 Å². The lowest BCUT2D eigenvalue weighted by molar-refractivity contribution is -0.0790. The van der Waals surface area contributed by atoms with Gasteiger partial charge in [-0.05, 0) is 30.6 Å². The molecule has 4 unspecified atom stereocenters. The Balaban J connectivity index is 2.07. The largest absolute Gasteiger partial charge is 0.394 e. The van der Waals surface area contributed by atoms with E-state index < -0.39 is 0 Å². The van der Waals surface area contributed by atoms with Gasteiger partial charge < -0.3 is 9.84 Å². The molecule has 0 spiro atoms. The predicted molar refractivity (Wildman–Crippen MR) is 78.1 cm³/mol. The van der Waals surface area contributed by atoms with Crippen molar-refractivity contribution in [1.29, 1.82) is 5.26 Å². The van der Waals surface area contributed by atoms with E-state index in [9.17, 15) is 10.4 Å². The summed E-state index contributed by atoms with van der Waals surface area (Å²) >= 11 is 0. The van der Waals surface area contributed by atoms with Gasteiger partial charge in [-0.1, -0.05) is 20.8 Å². The second-order valence-corrected chi connectivity index (χ2v) is 7.35. The predicted octanol–water partition coefficient (Wildman–Crippen LogP) is 2.03. The zero-order valence-electron chi connectivity index (χ0n) is 13.0. The van der Waals surface area contributed by atoms with Crippen LogP contribution in [0.3, 0.4) is 0 Å². The fraction of sp³-hybridized carbons (Fsp3) is 0.938. The Hall–Kier alpha value is -0.630. The molecule has 1 heterocycles. The van der Waals surface area contributed by atoms with Crippen LogP contribution in [0.5, 0.6) is 0 Å².